The summed E-state index contributed by atoms with van der Waals surface area (Å²) >= 11 is 0. The monoisotopic (exact) mass is 237 g/mol. The van der Waals surface area contributed by atoms with Gasteiger partial charge in [-0.1, -0.05) is 30.3 Å². The molecule has 0 amide bonds. The number of rotatable bonds is 2. The highest BCUT2D eigenvalue weighted by molar-refractivity contribution is 5.61. The molecule has 0 aliphatic heterocycles. The third-order valence-corrected chi connectivity index (χ3v) is 2.58. The maximum absolute atomic E-state index is 5.55. The van der Waals surface area contributed by atoms with Gasteiger partial charge in [0.05, 0.1) is 6.20 Å². The molecule has 3 rings (SSSR count). The summed E-state index contributed by atoms with van der Waals surface area (Å²) in [6.07, 6.45) is 5.33. The number of anilines is 1. The van der Waals surface area contributed by atoms with Gasteiger partial charge in [0, 0.05) is 24.0 Å². The molecule has 5 nitrogen and oxygen atoms in total. The molecule has 2 heterocycles. The summed E-state index contributed by atoms with van der Waals surface area (Å²) in [4.78, 5) is 7.97. The summed E-state index contributed by atoms with van der Waals surface area (Å²) in [7, 11) is 0. The lowest BCUT2D eigenvalue weighted by Gasteiger charge is -1.99. The van der Waals surface area contributed by atoms with E-state index >= 15 is 0 Å². The number of hydrogen-bond acceptors (Lipinski definition) is 4. The number of nitrogens with zero attached hydrogens (tertiary/aromatic N) is 4. The van der Waals surface area contributed by atoms with Crippen LogP contribution in [0.5, 0.6) is 0 Å². The normalized spacial score (nSPS) is 10.4. The summed E-state index contributed by atoms with van der Waals surface area (Å²) in [5, 5.41) is 4.27. The predicted molar refractivity (Wildman–Crippen MR) is 69.0 cm³/mol. The molecule has 1 aromatic carbocycles. The molecular weight excluding hydrogens is 226 g/mol. The van der Waals surface area contributed by atoms with Crippen molar-refractivity contribution in [2.75, 3.05) is 5.73 Å². The third kappa shape index (κ3) is 1.93. The van der Waals surface area contributed by atoms with Gasteiger partial charge in [0.1, 0.15) is 0 Å². The number of nitrogen functional groups attached to an aromatic ring is 1. The van der Waals surface area contributed by atoms with E-state index in [4.69, 9.17) is 5.73 Å². The first-order chi connectivity index (χ1) is 8.83. The van der Waals surface area contributed by atoms with E-state index in [0.717, 1.165) is 11.1 Å². The Morgan fingerprint density at radius 2 is 1.83 bits per heavy atom. The molecule has 0 atom stereocenters. The lowest BCUT2D eigenvalue weighted by molar-refractivity contribution is 0.842. The summed E-state index contributed by atoms with van der Waals surface area (Å²) < 4.78 is 1.68. The van der Waals surface area contributed by atoms with Gasteiger partial charge in [-0.2, -0.15) is 10.1 Å². The first-order valence-corrected chi connectivity index (χ1v) is 5.52. The first kappa shape index (κ1) is 10.5. The molecule has 0 aliphatic rings. The molecule has 5 heteroatoms. The molecule has 18 heavy (non-hydrogen) atoms. The second-order valence-electron chi connectivity index (χ2n) is 3.81. The zero-order valence-corrected chi connectivity index (χ0v) is 9.56. The Bertz CT molecular complexity index is 660. The molecular formula is C13H11N5. The van der Waals surface area contributed by atoms with Gasteiger partial charge < -0.3 is 5.73 Å². The highest BCUT2D eigenvalue weighted by atomic mass is 15.3. The fourth-order valence-corrected chi connectivity index (χ4v) is 1.72. The van der Waals surface area contributed by atoms with E-state index in [1.165, 1.54) is 0 Å². The van der Waals surface area contributed by atoms with Crippen LogP contribution in [0.15, 0.2) is 55.0 Å². The van der Waals surface area contributed by atoms with E-state index in [1.54, 1.807) is 23.1 Å². The van der Waals surface area contributed by atoms with Crippen LogP contribution in [0.25, 0.3) is 16.9 Å². The van der Waals surface area contributed by atoms with Crippen LogP contribution in [-0.4, -0.2) is 19.7 Å². The van der Waals surface area contributed by atoms with E-state index < -0.39 is 0 Å². The van der Waals surface area contributed by atoms with Crippen LogP contribution in [-0.2, 0) is 0 Å². The standard InChI is InChI=1S/C13H11N5/c14-13-15-7-6-12(17-13)18-9-11(8-16-18)10-4-2-1-3-5-10/h1-9H,(H2,14,15,17). The Hall–Kier alpha value is -2.69. The van der Waals surface area contributed by atoms with Crippen molar-refractivity contribution in [3.63, 3.8) is 0 Å². The Morgan fingerprint density at radius 3 is 2.61 bits per heavy atom. The number of benzene rings is 1. The first-order valence-electron chi connectivity index (χ1n) is 5.52. The van der Waals surface area contributed by atoms with Crippen molar-refractivity contribution in [1.29, 1.82) is 0 Å². The average molecular weight is 237 g/mol. The molecule has 0 fully saturated rings. The molecule has 2 aromatic heterocycles. The summed E-state index contributed by atoms with van der Waals surface area (Å²) in [6, 6.07) is 11.8. The van der Waals surface area contributed by atoms with Crippen molar-refractivity contribution in [3.05, 3.63) is 55.0 Å². The van der Waals surface area contributed by atoms with Crippen molar-refractivity contribution in [2.24, 2.45) is 0 Å². The molecule has 0 saturated heterocycles. The van der Waals surface area contributed by atoms with Gasteiger partial charge in [-0.05, 0) is 5.56 Å². The zero-order valence-electron chi connectivity index (χ0n) is 9.56. The molecule has 0 unspecified atom stereocenters. The Balaban J connectivity index is 2.00. The molecule has 88 valence electrons. The van der Waals surface area contributed by atoms with Gasteiger partial charge in [-0.25, -0.2) is 9.67 Å². The van der Waals surface area contributed by atoms with Gasteiger partial charge in [-0.15, -0.1) is 0 Å². The lowest BCUT2D eigenvalue weighted by atomic mass is 10.1. The van der Waals surface area contributed by atoms with Gasteiger partial charge in [0.25, 0.3) is 0 Å². The number of nitrogens with two attached hydrogens (primary N) is 1. The summed E-state index contributed by atoms with van der Waals surface area (Å²) in [5.41, 5.74) is 7.70. The van der Waals surface area contributed by atoms with E-state index in [-0.39, 0.29) is 5.95 Å². The van der Waals surface area contributed by atoms with Crippen LogP contribution >= 0.6 is 0 Å². The van der Waals surface area contributed by atoms with Crippen LogP contribution in [0.1, 0.15) is 0 Å². The minimum Gasteiger partial charge on any atom is -0.368 e. The van der Waals surface area contributed by atoms with Crippen molar-refractivity contribution < 1.29 is 0 Å². The van der Waals surface area contributed by atoms with Crippen molar-refractivity contribution >= 4 is 5.95 Å². The number of aromatic nitrogens is 4. The van der Waals surface area contributed by atoms with Crippen LogP contribution in [0, 0.1) is 0 Å². The van der Waals surface area contributed by atoms with Gasteiger partial charge in [0.15, 0.2) is 5.82 Å². The molecule has 0 radical (unpaired) electrons. The SMILES string of the molecule is Nc1nccc(-n2cc(-c3ccccc3)cn2)n1. The second-order valence-corrected chi connectivity index (χ2v) is 3.81. The topological polar surface area (TPSA) is 69.6 Å². The van der Waals surface area contributed by atoms with Gasteiger partial charge in [-0.3, -0.25) is 0 Å². The average Bonchev–Trinajstić information content (AvgIpc) is 2.89. The van der Waals surface area contributed by atoms with Crippen molar-refractivity contribution in [2.45, 2.75) is 0 Å². The predicted octanol–water partition coefficient (Wildman–Crippen LogP) is 1.91. The van der Waals surface area contributed by atoms with Crippen LogP contribution in [0.4, 0.5) is 5.95 Å². The van der Waals surface area contributed by atoms with Gasteiger partial charge in [0.2, 0.25) is 5.95 Å². The maximum Gasteiger partial charge on any atom is 0.221 e. The fraction of sp³-hybridized carbons (Fsp3) is 0. The number of hydrogen-bond donors (Lipinski definition) is 1. The van der Waals surface area contributed by atoms with Crippen molar-refractivity contribution in [3.8, 4) is 16.9 Å². The second kappa shape index (κ2) is 4.29. The maximum atomic E-state index is 5.55. The summed E-state index contributed by atoms with van der Waals surface area (Å²) in [5.74, 6) is 0.897. The fourth-order valence-electron chi connectivity index (χ4n) is 1.72. The minimum absolute atomic E-state index is 0.240. The lowest BCUT2D eigenvalue weighted by Crippen LogP contribution is -2.01. The summed E-state index contributed by atoms with van der Waals surface area (Å²) in [6.45, 7) is 0. The van der Waals surface area contributed by atoms with Crippen molar-refractivity contribution in [1.82, 2.24) is 19.7 Å². The Kier molecular flexibility index (Phi) is 2.49. The molecule has 0 bridgehead atoms. The molecule has 3 aromatic rings. The van der Waals surface area contributed by atoms with Gasteiger partial charge >= 0.3 is 0 Å². The molecule has 2 N–H and O–H groups in total. The van der Waals surface area contributed by atoms with Crippen LogP contribution in [0.2, 0.25) is 0 Å². The largest absolute Gasteiger partial charge is 0.368 e. The highest BCUT2D eigenvalue weighted by Crippen LogP contribution is 2.18. The van der Waals surface area contributed by atoms with Crippen LogP contribution < -0.4 is 5.73 Å². The third-order valence-electron chi connectivity index (χ3n) is 2.58. The molecule has 0 saturated carbocycles. The minimum atomic E-state index is 0.240. The quantitative estimate of drug-likeness (QED) is 0.739. The molecule has 0 aliphatic carbocycles. The smallest absolute Gasteiger partial charge is 0.221 e. The van der Waals surface area contributed by atoms with E-state index in [2.05, 4.69) is 15.1 Å². The molecule has 0 spiro atoms. The Morgan fingerprint density at radius 1 is 1.00 bits per heavy atom. The van der Waals surface area contributed by atoms with Crippen LogP contribution in [0.3, 0.4) is 0 Å². The highest BCUT2D eigenvalue weighted by Gasteiger charge is 2.04. The van der Waals surface area contributed by atoms with E-state index in [0.29, 0.717) is 5.82 Å². The Labute approximate surface area is 104 Å². The zero-order chi connectivity index (χ0) is 12.4. The van der Waals surface area contributed by atoms with E-state index in [1.807, 2.05) is 36.5 Å². The van der Waals surface area contributed by atoms with E-state index in [9.17, 15) is 0 Å².